The molecule has 0 aliphatic carbocycles. The van der Waals surface area contributed by atoms with Gasteiger partial charge in [0.05, 0.1) is 11.5 Å². The maximum absolute atomic E-state index is 12.2. The Morgan fingerprint density at radius 1 is 1.29 bits per heavy atom. The molecule has 0 radical (unpaired) electrons. The van der Waals surface area contributed by atoms with Crippen LogP contribution in [0.25, 0.3) is 0 Å². The van der Waals surface area contributed by atoms with Gasteiger partial charge in [-0.05, 0) is 12.5 Å². The van der Waals surface area contributed by atoms with Crippen LogP contribution < -0.4 is 16.1 Å². The van der Waals surface area contributed by atoms with Gasteiger partial charge in [0.2, 0.25) is 5.88 Å². The summed E-state index contributed by atoms with van der Waals surface area (Å²) in [5, 5.41) is 9.36. The van der Waals surface area contributed by atoms with E-state index in [2.05, 4.69) is 0 Å². The Morgan fingerprint density at radius 3 is 2.67 bits per heavy atom. The summed E-state index contributed by atoms with van der Waals surface area (Å²) in [4.78, 5) is 12.2. The van der Waals surface area contributed by atoms with Gasteiger partial charge < -0.3 is 14.9 Å². The summed E-state index contributed by atoms with van der Waals surface area (Å²) in [5.41, 5.74) is 6.63. The van der Waals surface area contributed by atoms with Crippen LogP contribution in [0.5, 0.6) is 5.75 Å². The van der Waals surface area contributed by atoms with Gasteiger partial charge in [0, 0.05) is 6.07 Å². The molecule has 21 heavy (non-hydrogen) atoms. The standard InChI is InChI=1S/C16H12N2O3/c1-9-7-12-14(16(19)20-9)13(10-5-3-2-4-6-10)11(8-17)15(18)21-12/h2-7,13H,18H2,1H3. The third-order valence-electron chi connectivity index (χ3n) is 3.39. The van der Waals surface area contributed by atoms with E-state index in [0.29, 0.717) is 17.1 Å². The number of nitriles is 1. The molecule has 2 aromatic rings. The van der Waals surface area contributed by atoms with Crippen molar-refractivity contribution in [1.82, 2.24) is 0 Å². The van der Waals surface area contributed by atoms with Crippen LogP contribution in [0.15, 0.2) is 57.1 Å². The molecule has 2 heterocycles. The predicted molar refractivity (Wildman–Crippen MR) is 75.5 cm³/mol. The highest BCUT2D eigenvalue weighted by molar-refractivity contribution is 5.54. The molecule has 0 amide bonds. The van der Waals surface area contributed by atoms with Gasteiger partial charge in [-0.2, -0.15) is 5.26 Å². The number of hydrogen-bond donors (Lipinski definition) is 1. The number of fused-ring (bicyclic) bond motifs is 1. The lowest BCUT2D eigenvalue weighted by molar-refractivity contribution is 0.371. The van der Waals surface area contributed by atoms with E-state index in [9.17, 15) is 10.1 Å². The van der Waals surface area contributed by atoms with Gasteiger partial charge in [-0.15, -0.1) is 0 Å². The molecule has 0 saturated carbocycles. The second-order valence-electron chi connectivity index (χ2n) is 4.76. The fourth-order valence-electron chi connectivity index (χ4n) is 2.50. The van der Waals surface area contributed by atoms with Crippen molar-refractivity contribution in [3.05, 3.63) is 75.2 Å². The second-order valence-corrected chi connectivity index (χ2v) is 4.76. The quantitative estimate of drug-likeness (QED) is 0.864. The summed E-state index contributed by atoms with van der Waals surface area (Å²) in [6, 6.07) is 12.9. The Balaban J connectivity index is 2.32. The summed E-state index contributed by atoms with van der Waals surface area (Å²) < 4.78 is 10.6. The van der Waals surface area contributed by atoms with E-state index in [1.54, 1.807) is 13.0 Å². The first-order valence-electron chi connectivity index (χ1n) is 6.39. The van der Waals surface area contributed by atoms with E-state index in [1.807, 2.05) is 36.4 Å². The van der Waals surface area contributed by atoms with Crippen LogP contribution in [-0.4, -0.2) is 0 Å². The second kappa shape index (κ2) is 4.84. The van der Waals surface area contributed by atoms with E-state index < -0.39 is 11.5 Å². The van der Waals surface area contributed by atoms with Gasteiger partial charge >= 0.3 is 5.63 Å². The zero-order valence-corrected chi connectivity index (χ0v) is 11.3. The molecule has 1 atom stereocenters. The van der Waals surface area contributed by atoms with E-state index in [-0.39, 0.29) is 11.5 Å². The number of benzene rings is 1. The highest BCUT2D eigenvalue weighted by Gasteiger charge is 2.33. The van der Waals surface area contributed by atoms with Gasteiger partial charge in [0.1, 0.15) is 23.2 Å². The van der Waals surface area contributed by atoms with Crippen LogP contribution in [-0.2, 0) is 0 Å². The van der Waals surface area contributed by atoms with Crippen molar-refractivity contribution in [3.8, 4) is 11.8 Å². The molecule has 1 aromatic heterocycles. The first-order valence-corrected chi connectivity index (χ1v) is 6.39. The number of nitrogens with two attached hydrogens (primary N) is 1. The molecule has 2 N–H and O–H groups in total. The van der Waals surface area contributed by atoms with Crippen LogP contribution in [0.2, 0.25) is 0 Å². The SMILES string of the molecule is Cc1cc2c(c(=O)o1)C(c1ccccc1)C(C#N)=C(N)O2. The number of hydrogen-bond acceptors (Lipinski definition) is 5. The van der Waals surface area contributed by atoms with E-state index in [0.717, 1.165) is 5.56 Å². The van der Waals surface area contributed by atoms with E-state index in [4.69, 9.17) is 14.9 Å². The lowest BCUT2D eigenvalue weighted by Crippen LogP contribution is -2.26. The minimum atomic E-state index is -0.572. The highest BCUT2D eigenvalue weighted by atomic mass is 16.5. The molecule has 1 aliphatic rings. The topological polar surface area (TPSA) is 89.2 Å². The molecular formula is C16H12N2O3. The Kier molecular flexibility index (Phi) is 2.99. The molecule has 5 heteroatoms. The Morgan fingerprint density at radius 2 is 2.00 bits per heavy atom. The fourth-order valence-corrected chi connectivity index (χ4v) is 2.50. The largest absolute Gasteiger partial charge is 0.440 e. The molecule has 0 fully saturated rings. The Hall–Kier alpha value is -3.00. The minimum Gasteiger partial charge on any atom is -0.440 e. The first-order chi connectivity index (χ1) is 10.1. The van der Waals surface area contributed by atoms with E-state index >= 15 is 0 Å². The summed E-state index contributed by atoms with van der Waals surface area (Å²) in [5.74, 6) is 0.216. The zero-order valence-electron chi connectivity index (χ0n) is 11.3. The van der Waals surface area contributed by atoms with Crippen molar-refractivity contribution in [2.75, 3.05) is 0 Å². The van der Waals surface area contributed by atoms with Gasteiger partial charge in [0.25, 0.3) is 0 Å². The number of rotatable bonds is 1. The number of nitrogens with zero attached hydrogens (tertiary/aromatic N) is 1. The van der Waals surface area contributed by atoms with Crippen molar-refractivity contribution in [1.29, 1.82) is 5.26 Å². The van der Waals surface area contributed by atoms with Crippen molar-refractivity contribution in [2.45, 2.75) is 12.8 Å². The van der Waals surface area contributed by atoms with Crippen LogP contribution in [0, 0.1) is 18.3 Å². The molecule has 0 bridgehead atoms. The molecule has 3 rings (SSSR count). The van der Waals surface area contributed by atoms with Crippen molar-refractivity contribution >= 4 is 0 Å². The van der Waals surface area contributed by atoms with Crippen LogP contribution in [0.4, 0.5) is 0 Å². The molecule has 1 aromatic carbocycles. The average molecular weight is 280 g/mol. The lowest BCUT2D eigenvalue weighted by Gasteiger charge is -2.25. The molecule has 1 unspecified atom stereocenters. The summed E-state index contributed by atoms with van der Waals surface area (Å²) in [7, 11) is 0. The highest BCUT2D eigenvalue weighted by Crippen LogP contribution is 2.40. The average Bonchev–Trinajstić information content (AvgIpc) is 2.46. The smallest absolute Gasteiger partial charge is 0.343 e. The molecule has 0 spiro atoms. The third kappa shape index (κ3) is 2.07. The Bertz CT molecular complexity index is 829. The zero-order chi connectivity index (χ0) is 15.0. The van der Waals surface area contributed by atoms with Crippen LogP contribution in [0.1, 0.15) is 22.8 Å². The monoisotopic (exact) mass is 280 g/mol. The normalized spacial score (nSPS) is 16.9. The minimum absolute atomic E-state index is 0.0175. The van der Waals surface area contributed by atoms with Gasteiger partial charge in [-0.3, -0.25) is 0 Å². The summed E-state index contributed by atoms with van der Waals surface area (Å²) in [6.07, 6.45) is 0. The van der Waals surface area contributed by atoms with Gasteiger partial charge in [0.15, 0.2) is 0 Å². The molecular weight excluding hydrogens is 268 g/mol. The number of aryl methyl sites for hydroxylation is 1. The molecule has 0 saturated heterocycles. The van der Waals surface area contributed by atoms with Crippen molar-refractivity contribution in [3.63, 3.8) is 0 Å². The van der Waals surface area contributed by atoms with Gasteiger partial charge in [-0.25, -0.2) is 4.79 Å². The number of ether oxygens (including phenoxy) is 1. The third-order valence-corrected chi connectivity index (χ3v) is 3.39. The summed E-state index contributed by atoms with van der Waals surface area (Å²) in [6.45, 7) is 1.66. The maximum Gasteiger partial charge on any atom is 0.343 e. The summed E-state index contributed by atoms with van der Waals surface area (Å²) >= 11 is 0. The molecule has 5 nitrogen and oxygen atoms in total. The van der Waals surface area contributed by atoms with Crippen LogP contribution >= 0.6 is 0 Å². The van der Waals surface area contributed by atoms with Crippen LogP contribution in [0.3, 0.4) is 0 Å². The maximum atomic E-state index is 12.2. The predicted octanol–water partition coefficient (Wildman–Crippen LogP) is 2.17. The Labute approximate surface area is 120 Å². The first kappa shape index (κ1) is 13.0. The van der Waals surface area contributed by atoms with Crippen molar-refractivity contribution < 1.29 is 9.15 Å². The van der Waals surface area contributed by atoms with Gasteiger partial charge in [-0.1, -0.05) is 30.3 Å². The lowest BCUT2D eigenvalue weighted by atomic mass is 9.84. The molecule has 104 valence electrons. The fraction of sp³-hybridized carbons (Fsp3) is 0.125. The van der Waals surface area contributed by atoms with Crippen molar-refractivity contribution in [2.24, 2.45) is 5.73 Å². The number of allylic oxidation sites excluding steroid dienone is 1. The molecule has 1 aliphatic heterocycles. The van der Waals surface area contributed by atoms with E-state index in [1.165, 1.54) is 0 Å².